The number of nitrogens with zero attached hydrogens (tertiary/aromatic N) is 2. The average molecular weight is 484 g/mol. The maximum absolute atomic E-state index is 12.8. The van der Waals surface area contributed by atoms with Crippen LogP contribution in [0.3, 0.4) is 0 Å². The second-order valence-corrected chi connectivity index (χ2v) is 8.83. The molecule has 1 unspecified atom stereocenters. The first kappa shape index (κ1) is 21.4. The smallest absolute Gasteiger partial charge is 0.410 e. The highest BCUT2D eigenvalue weighted by atomic mass is 79.9. The highest BCUT2D eigenvalue weighted by molar-refractivity contribution is 9.10. The van der Waals surface area contributed by atoms with Crippen LogP contribution in [0.25, 0.3) is 5.57 Å². The molecular weight excluding hydrogens is 458 g/mol. The summed E-state index contributed by atoms with van der Waals surface area (Å²) in [6.45, 7) is 3.38. The van der Waals surface area contributed by atoms with E-state index in [1.807, 2.05) is 37.3 Å². The van der Waals surface area contributed by atoms with E-state index in [0.717, 1.165) is 27.7 Å². The lowest BCUT2D eigenvalue weighted by molar-refractivity contribution is 0.0826. The lowest BCUT2D eigenvalue weighted by Gasteiger charge is -2.41. The molecule has 0 aliphatic carbocycles. The van der Waals surface area contributed by atoms with Crippen molar-refractivity contribution < 1.29 is 14.3 Å². The molecule has 2 aromatic carbocycles. The molecule has 2 heterocycles. The van der Waals surface area contributed by atoms with Gasteiger partial charge in [0.25, 0.3) is 5.91 Å². The van der Waals surface area contributed by atoms with Crippen molar-refractivity contribution in [3.8, 4) is 0 Å². The zero-order valence-electron chi connectivity index (χ0n) is 17.9. The fourth-order valence-corrected chi connectivity index (χ4v) is 4.71. The summed E-state index contributed by atoms with van der Waals surface area (Å²) in [4.78, 5) is 28.5. The van der Waals surface area contributed by atoms with Crippen LogP contribution in [0.1, 0.15) is 40.9 Å². The molecule has 0 fully saturated rings. The molecular formula is C24H26BrN3O3. The number of amides is 2. The Kier molecular flexibility index (Phi) is 6.05. The van der Waals surface area contributed by atoms with Gasteiger partial charge >= 0.3 is 6.09 Å². The topological polar surface area (TPSA) is 61.9 Å². The van der Waals surface area contributed by atoms with E-state index in [1.165, 1.54) is 11.1 Å². The number of rotatable bonds is 3. The molecule has 1 N–H and O–H groups in total. The van der Waals surface area contributed by atoms with E-state index >= 15 is 0 Å². The Labute approximate surface area is 191 Å². The third-order valence-corrected chi connectivity index (χ3v) is 6.28. The molecule has 31 heavy (non-hydrogen) atoms. The number of benzene rings is 2. The number of anilines is 1. The molecule has 0 radical (unpaired) electrons. The summed E-state index contributed by atoms with van der Waals surface area (Å²) < 4.78 is 6.40. The van der Waals surface area contributed by atoms with Crippen molar-refractivity contribution in [2.45, 2.75) is 19.4 Å². The highest BCUT2D eigenvalue weighted by Crippen LogP contribution is 2.45. The minimum Gasteiger partial charge on any atom is -0.450 e. The number of hydrogen-bond acceptors (Lipinski definition) is 4. The van der Waals surface area contributed by atoms with Gasteiger partial charge in [-0.15, -0.1) is 0 Å². The zero-order chi connectivity index (χ0) is 22.1. The molecule has 7 heteroatoms. The minimum absolute atomic E-state index is 0.0459. The van der Waals surface area contributed by atoms with Gasteiger partial charge in [-0.1, -0.05) is 28.1 Å². The third-order valence-electron chi connectivity index (χ3n) is 5.79. The van der Waals surface area contributed by atoms with Crippen LogP contribution in [-0.4, -0.2) is 55.6 Å². The van der Waals surface area contributed by atoms with Crippen LogP contribution in [0, 0.1) is 0 Å². The van der Waals surface area contributed by atoms with Crippen LogP contribution in [0.15, 0.2) is 52.5 Å². The number of halogens is 1. The van der Waals surface area contributed by atoms with Crippen LogP contribution in [0.4, 0.5) is 10.5 Å². The van der Waals surface area contributed by atoms with E-state index in [0.29, 0.717) is 25.3 Å². The normalized spacial score (nSPS) is 17.4. The number of fused-ring (bicyclic) bond motifs is 2. The fraction of sp³-hybridized carbons (Fsp3) is 0.333. The standard InChI is InChI=1S/C24H26BrN3O3/c1-4-31-24(30)28-12-11-18-19-13-17(25)9-10-21(19)26-14-20(18)22(28)15-5-7-16(8-6-15)23(29)27(2)3/h5-10,13,22,26H,4,11-12,14H2,1-3H3. The first-order valence-corrected chi connectivity index (χ1v) is 11.2. The molecule has 2 aliphatic heterocycles. The van der Waals surface area contributed by atoms with E-state index in [4.69, 9.17) is 4.74 Å². The van der Waals surface area contributed by atoms with E-state index < -0.39 is 0 Å². The number of hydrogen-bond donors (Lipinski definition) is 1. The van der Waals surface area contributed by atoms with Gasteiger partial charge in [0.05, 0.1) is 12.6 Å². The summed E-state index contributed by atoms with van der Waals surface area (Å²) in [5.41, 5.74) is 6.31. The summed E-state index contributed by atoms with van der Waals surface area (Å²) in [6, 6.07) is 13.5. The summed E-state index contributed by atoms with van der Waals surface area (Å²) in [6.07, 6.45) is 0.458. The van der Waals surface area contributed by atoms with Crippen molar-refractivity contribution >= 4 is 39.2 Å². The summed E-state index contributed by atoms with van der Waals surface area (Å²) in [7, 11) is 3.47. The van der Waals surface area contributed by atoms with E-state index in [-0.39, 0.29) is 18.0 Å². The molecule has 2 amide bonds. The molecule has 0 spiro atoms. The maximum Gasteiger partial charge on any atom is 0.410 e. The van der Waals surface area contributed by atoms with Crippen molar-refractivity contribution in [2.75, 3.05) is 39.1 Å². The molecule has 0 saturated carbocycles. The first-order chi connectivity index (χ1) is 14.9. The zero-order valence-corrected chi connectivity index (χ0v) is 19.5. The SMILES string of the molecule is CCOC(=O)N1CCC2=C(CNc3ccc(Br)cc32)C1c1ccc(C(=O)N(C)C)cc1. The Hall–Kier alpha value is -2.80. The van der Waals surface area contributed by atoms with Gasteiger partial charge in [0.1, 0.15) is 0 Å². The molecule has 0 bridgehead atoms. The van der Waals surface area contributed by atoms with Crippen LogP contribution in [0.2, 0.25) is 0 Å². The van der Waals surface area contributed by atoms with Crippen LogP contribution >= 0.6 is 15.9 Å². The number of ether oxygens (including phenoxy) is 1. The molecule has 0 aromatic heterocycles. The van der Waals surface area contributed by atoms with Crippen molar-refractivity contribution in [3.63, 3.8) is 0 Å². The minimum atomic E-state index is -0.312. The lowest BCUT2D eigenvalue weighted by Crippen LogP contribution is -2.42. The summed E-state index contributed by atoms with van der Waals surface area (Å²) in [5.74, 6) is -0.0459. The van der Waals surface area contributed by atoms with Gasteiger partial charge in [0.15, 0.2) is 0 Å². The predicted molar refractivity (Wildman–Crippen MR) is 125 cm³/mol. The monoisotopic (exact) mass is 483 g/mol. The van der Waals surface area contributed by atoms with E-state index in [9.17, 15) is 9.59 Å². The predicted octanol–water partition coefficient (Wildman–Crippen LogP) is 4.93. The van der Waals surface area contributed by atoms with E-state index in [2.05, 4.69) is 33.4 Å². The molecule has 2 aromatic rings. The molecule has 2 aliphatic rings. The number of carbonyl (C=O) groups is 2. The van der Waals surface area contributed by atoms with Crippen LogP contribution < -0.4 is 5.32 Å². The summed E-state index contributed by atoms with van der Waals surface area (Å²) >= 11 is 3.58. The lowest BCUT2D eigenvalue weighted by atomic mass is 9.82. The molecule has 6 nitrogen and oxygen atoms in total. The molecule has 0 saturated heterocycles. The van der Waals surface area contributed by atoms with Gasteiger partial charge in [-0.25, -0.2) is 4.79 Å². The van der Waals surface area contributed by atoms with Gasteiger partial charge in [0, 0.05) is 48.5 Å². The van der Waals surface area contributed by atoms with Gasteiger partial charge in [-0.05, 0) is 60.4 Å². The Bertz CT molecular complexity index is 1050. The second kappa shape index (κ2) is 8.75. The molecule has 4 rings (SSSR count). The average Bonchev–Trinajstić information content (AvgIpc) is 2.77. The number of carbonyl (C=O) groups excluding carboxylic acids is 2. The van der Waals surface area contributed by atoms with Gasteiger partial charge in [0.2, 0.25) is 0 Å². The van der Waals surface area contributed by atoms with Gasteiger partial charge in [-0.3, -0.25) is 9.69 Å². The quantitative estimate of drug-likeness (QED) is 0.671. The van der Waals surface area contributed by atoms with Gasteiger partial charge in [-0.2, -0.15) is 0 Å². The Morgan fingerprint density at radius 3 is 2.61 bits per heavy atom. The molecule has 162 valence electrons. The Morgan fingerprint density at radius 1 is 1.19 bits per heavy atom. The van der Waals surface area contributed by atoms with Crippen molar-refractivity contribution in [2.24, 2.45) is 0 Å². The van der Waals surface area contributed by atoms with Gasteiger partial charge < -0.3 is 15.0 Å². The highest BCUT2D eigenvalue weighted by Gasteiger charge is 2.37. The van der Waals surface area contributed by atoms with Crippen molar-refractivity contribution in [1.82, 2.24) is 9.80 Å². The fourth-order valence-electron chi connectivity index (χ4n) is 4.35. The maximum atomic E-state index is 12.8. The Morgan fingerprint density at radius 2 is 1.94 bits per heavy atom. The second-order valence-electron chi connectivity index (χ2n) is 7.91. The summed E-state index contributed by atoms with van der Waals surface area (Å²) in [5, 5.41) is 3.51. The number of nitrogens with one attached hydrogen (secondary N) is 1. The van der Waals surface area contributed by atoms with E-state index in [1.54, 1.807) is 23.9 Å². The largest absolute Gasteiger partial charge is 0.450 e. The molecule has 1 atom stereocenters. The van der Waals surface area contributed by atoms with Crippen LogP contribution in [0.5, 0.6) is 0 Å². The first-order valence-electron chi connectivity index (χ1n) is 10.4. The third kappa shape index (κ3) is 4.06. The van der Waals surface area contributed by atoms with Crippen molar-refractivity contribution in [1.29, 1.82) is 0 Å². The van der Waals surface area contributed by atoms with Crippen LogP contribution in [-0.2, 0) is 4.74 Å². The van der Waals surface area contributed by atoms with Crippen molar-refractivity contribution in [3.05, 3.63) is 69.2 Å². The Balaban J connectivity index is 1.79.